The average molecular weight is 865 g/mol. The molecule has 0 bridgehead atoms. The quantitative estimate of drug-likeness (QED) is 0.109. The normalized spacial score (nSPS) is 11.2. The maximum Gasteiger partial charge on any atom is 0.155 e. The molecule has 6 aromatic carbocycles. The van der Waals surface area contributed by atoms with E-state index in [4.69, 9.17) is 15.1 Å². The van der Waals surface area contributed by atoms with Crippen molar-refractivity contribution >= 4 is 27.6 Å². The van der Waals surface area contributed by atoms with Crippen LogP contribution in [0.15, 0.2) is 170 Å². The molecule has 261 valence electrons. The molecule has 0 spiro atoms. The van der Waals surface area contributed by atoms with Gasteiger partial charge in [0.15, 0.2) is 5.78 Å². The third kappa shape index (κ3) is 8.91. The van der Waals surface area contributed by atoms with E-state index in [1.54, 1.807) is 0 Å². The summed E-state index contributed by atoms with van der Waals surface area (Å²) in [5.41, 5.74) is 13.9. The van der Waals surface area contributed by atoms with E-state index >= 15 is 0 Å². The molecule has 9 rings (SSSR count). The zero-order valence-corrected chi connectivity index (χ0v) is 31.8. The number of nitrogens with zero attached hydrogens (tertiary/aromatic N) is 2. The molecule has 0 fully saturated rings. The smallest absolute Gasteiger partial charge is 0.155 e. The number of fused-ring (bicyclic) bond motifs is 5. The Morgan fingerprint density at radius 3 is 1.77 bits per heavy atom. The number of aromatic nitrogens is 2. The Bertz CT molecular complexity index is 2540. The second-order valence-electron chi connectivity index (χ2n) is 12.7. The minimum atomic E-state index is -0.125. The number of ketones is 1. The third-order valence-corrected chi connectivity index (χ3v) is 8.81. The number of para-hydroxylation sites is 2. The van der Waals surface area contributed by atoms with Gasteiger partial charge < -0.3 is 5.11 Å². The van der Waals surface area contributed by atoms with E-state index < -0.39 is 0 Å². The van der Waals surface area contributed by atoms with Crippen LogP contribution in [-0.4, -0.2) is 20.9 Å². The molecular formula is C48H36IrN2O2-2. The van der Waals surface area contributed by atoms with Gasteiger partial charge in [0, 0.05) is 26.2 Å². The Balaban J connectivity index is 0.000000152. The zero-order chi connectivity index (χ0) is 35.9. The predicted molar refractivity (Wildman–Crippen MR) is 213 cm³/mol. The molecule has 1 N–H and O–H groups in total. The fourth-order valence-electron chi connectivity index (χ4n) is 6.34. The number of pyridine rings is 2. The van der Waals surface area contributed by atoms with Crippen molar-refractivity contribution in [1.82, 2.24) is 9.97 Å². The maximum absolute atomic E-state index is 10.0. The molecule has 53 heavy (non-hydrogen) atoms. The van der Waals surface area contributed by atoms with Gasteiger partial charge in [-0.1, -0.05) is 138 Å². The second kappa shape index (κ2) is 17.0. The van der Waals surface area contributed by atoms with E-state index in [1.165, 1.54) is 58.7 Å². The summed E-state index contributed by atoms with van der Waals surface area (Å²) in [6.45, 7) is 2.85. The van der Waals surface area contributed by atoms with Crippen LogP contribution in [0.2, 0.25) is 0 Å². The van der Waals surface area contributed by atoms with Crippen molar-refractivity contribution in [1.29, 1.82) is 0 Å². The summed E-state index contributed by atoms with van der Waals surface area (Å²) in [6.07, 6.45) is 2.17. The minimum Gasteiger partial charge on any atom is -0.512 e. The largest absolute Gasteiger partial charge is 0.512 e. The molecule has 0 atom stereocenters. The number of rotatable bonds is 4. The van der Waals surface area contributed by atoms with Crippen LogP contribution in [0.1, 0.15) is 25.0 Å². The monoisotopic (exact) mass is 865 g/mol. The molecule has 8 aromatic rings. The first-order chi connectivity index (χ1) is 25.4. The summed E-state index contributed by atoms with van der Waals surface area (Å²) >= 11 is 0. The first-order valence-electron chi connectivity index (χ1n) is 17.2. The van der Waals surface area contributed by atoms with Crippen molar-refractivity contribution in [2.24, 2.45) is 0 Å². The standard InChI is InChI=1S/C22H14N.C21H14N.C5H8O2.Ir/c1-3-7-19-16(6-1)13-18-14-17(9-11-20(18)19)22-12-10-15-5-2-4-8-21(15)23-22;1-2-6-16(7-3-1)17-10-12-19(13-11-17)21-15-14-18-8-4-5-9-20(18)22-21;1-4(6)3-5(2)7;/h1-8,10-12,14H,13H2;1-12,14-15H;3,6H,1-2H3;/q2*-1;;/b;;4-3-;. The van der Waals surface area contributed by atoms with Gasteiger partial charge in [-0.05, 0) is 60.1 Å². The van der Waals surface area contributed by atoms with E-state index in [2.05, 4.69) is 115 Å². The Labute approximate surface area is 323 Å². The molecule has 0 amide bonds. The second-order valence-corrected chi connectivity index (χ2v) is 12.7. The van der Waals surface area contributed by atoms with Crippen LogP contribution in [0.4, 0.5) is 0 Å². The van der Waals surface area contributed by atoms with Crippen LogP contribution in [0.5, 0.6) is 0 Å². The van der Waals surface area contributed by atoms with E-state index in [0.29, 0.717) is 0 Å². The van der Waals surface area contributed by atoms with Crippen LogP contribution in [0, 0.1) is 12.1 Å². The number of aliphatic hydroxyl groups excluding tert-OH is 1. The molecule has 0 saturated heterocycles. The fourth-order valence-corrected chi connectivity index (χ4v) is 6.34. The molecule has 0 aliphatic heterocycles. The van der Waals surface area contributed by atoms with E-state index in [1.807, 2.05) is 54.6 Å². The van der Waals surface area contributed by atoms with Gasteiger partial charge in [-0.15, -0.1) is 59.2 Å². The Morgan fingerprint density at radius 1 is 0.585 bits per heavy atom. The SMILES string of the molecule is CC(=O)/C=C(/C)O.[Ir].[c-]1cc(-c2ccccc2)ccc1-c1ccc2ccccc2n1.[c-]1cc2c(cc1-c1ccc3ccccc3n1)Cc1ccccc1-2. The predicted octanol–water partition coefficient (Wildman–Crippen LogP) is 11.7. The summed E-state index contributed by atoms with van der Waals surface area (Å²) in [5.74, 6) is -0.0625. The Morgan fingerprint density at radius 2 is 1.17 bits per heavy atom. The van der Waals surface area contributed by atoms with Crippen LogP contribution < -0.4 is 0 Å². The number of aliphatic hydroxyl groups is 1. The van der Waals surface area contributed by atoms with E-state index in [9.17, 15) is 4.79 Å². The molecule has 5 heteroatoms. The summed E-state index contributed by atoms with van der Waals surface area (Å²) < 4.78 is 0. The van der Waals surface area contributed by atoms with Gasteiger partial charge in [0.25, 0.3) is 0 Å². The third-order valence-electron chi connectivity index (χ3n) is 8.81. The van der Waals surface area contributed by atoms with Crippen molar-refractivity contribution in [2.75, 3.05) is 0 Å². The number of carbonyl (C=O) groups is 1. The van der Waals surface area contributed by atoms with E-state index in [-0.39, 0.29) is 31.6 Å². The molecule has 0 saturated carbocycles. The Kier molecular flexibility index (Phi) is 11.8. The first-order valence-corrected chi connectivity index (χ1v) is 17.2. The average Bonchev–Trinajstić information content (AvgIpc) is 3.56. The number of allylic oxidation sites excluding steroid dienone is 2. The summed E-state index contributed by atoms with van der Waals surface area (Å²) in [4.78, 5) is 19.5. The van der Waals surface area contributed by atoms with Gasteiger partial charge in [0.2, 0.25) is 0 Å². The minimum absolute atomic E-state index is 0. The maximum atomic E-state index is 10.0. The van der Waals surface area contributed by atoms with Crippen molar-refractivity contribution in [3.63, 3.8) is 0 Å². The Hall–Kier alpha value is -6.00. The van der Waals surface area contributed by atoms with Gasteiger partial charge in [-0.3, -0.25) is 14.8 Å². The van der Waals surface area contributed by atoms with Crippen LogP contribution in [0.25, 0.3) is 66.6 Å². The van der Waals surface area contributed by atoms with Gasteiger partial charge in [-0.2, -0.15) is 0 Å². The summed E-state index contributed by atoms with van der Waals surface area (Å²) in [6, 6.07) is 61.1. The number of hydrogen-bond acceptors (Lipinski definition) is 4. The molecule has 2 heterocycles. The molecule has 1 aliphatic rings. The number of benzene rings is 6. The van der Waals surface area contributed by atoms with Crippen LogP contribution in [0.3, 0.4) is 0 Å². The molecule has 0 unspecified atom stereocenters. The number of carbonyl (C=O) groups excluding carboxylic acids is 1. The van der Waals surface area contributed by atoms with Crippen molar-refractivity contribution in [3.05, 3.63) is 193 Å². The number of hydrogen-bond donors (Lipinski definition) is 1. The summed E-state index contributed by atoms with van der Waals surface area (Å²) in [5, 5.41) is 10.7. The van der Waals surface area contributed by atoms with Crippen molar-refractivity contribution in [2.45, 2.75) is 20.3 Å². The molecule has 1 aliphatic carbocycles. The van der Waals surface area contributed by atoms with Crippen molar-refractivity contribution in [3.8, 4) is 44.8 Å². The van der Waals surface area contributed by atoms with Gasteiger partial charge >= 0.3 is 0 Å². The molecular weight excluding hydrogens is 829 g/mol. The summed E-state index contributed by atoms with van der Waals surface area (Å²) in [7, 11) is 0. The van der Waals surface area contributed by atoms with Crippen molar-refractivity contribution < 1.29 is 30.0 Å². The first kappa shape index (κ1) is 36.8. The van der Waals surface area contributed by atoms with Crippen LogP contribution >= 0.6 is 0 Å². The molecule has 4 nitrogen and oxygen atoms in total. The van der Waals surface area contributed by atoms with Gasteiger partial charge in [0.1, 0.15) is 0 Å². The zero-order valence-electron chi connectivity index (χ0n) is 29.4. The molecule has 2 aromatic heterocycles. The molecule has 1 radical (unpaired) electrons. The topological polar surface area (TPSA) is 63.1 Å². The van der Waals surface area contributed by atoms with E-state index in [0.717, 1.165) is 45.4 Å². The van der Waals surface area contributed by atoms with Crippen LogP contribution in [-0.2, 0) is 31.3 Å². The fraction of sp³-hybridized carbons (Fsp3) is 0.0625. The van der Waals surface area contributed by atoms with Gasteiger partial charge in [-0.25, -0.2) is 0 Å². The van der Waals surface area contributed by atoms with Gasteiger partial charge in [0.05, 0.1) is 16.8 Å².